The van der Waals surface area contributed by atoms with Crippen molar-refractivity contribution in [2.45, 2.75) is 59.5 Å². The van der Waals surface area contributed by atoms with Gasteiger partial charge in [0.25, 0.3) is 0 Å². The van der Waals surface area contributed by atoms with Crippen LogP contribution in [0.2, 0.25) is 0 Å². The number of nitrogens with zero attached hydrogens (tertiary/aromatic N) is 2. The minimum absolute atomic E-state index is 0. The highest BCUT2D eigenvalue weighted by molar-refractivity contribution is 14.0. The fourth-order valence-electron chi connectivity index (χ4n) is 3.52. The van der Waals surface area contributed by atoms with Crippen LogP contribution in [0.15, 0.2) is 4.99 Å². The molecule has 25 heavy (non-hydrogen) atoms. The summed E-state index contributed by atoms with van der Waals surface area (Å²) >= 11 is 0. The molecule has 6 heteroatoms. The molecule has 0 radical (unpaired) electrons. The Morgan fingerprint density at radius 2 is 1.88 bits per heavy atom. The van der Waals surface area contributed by atoms with Crippen LogP contribution >= 0.6 is 24.0 Å². The predicted octanol–water partition coefficient (Wildman–Crippen LogP) is 3.77. The van der Waals surface area contributed by atoms with E-state index in [-0.39, 0.29) is 29.4 Å². The zero-order valence-electron chi connectivity index (χ0n) is 17.1. The Hall–Kier alpha value is -0.0800. The van der Waals surface area contributed by atoms with E-state index in [2.05, 4.69) is 42.9 Å². The van der Waals surface area contributed by atoms with E-state index >= 15 is 0 Å². The largest absolute Gasteiger partial charge is 0.385 e. The molecule has 1 saturated heterocycles. The van der Waals surface area contributed by atoms with Crippen molar-refractivity contribution >= 4 is 29.9 Å². The van der Waals surface area contributed by atoms with E-state index in [1.165, 1.54) is 6.42 Å². The number of piperidine rings is 1. The quantitative estimate of drug-likeness (QED) is 0.242. The van der Waals surface area contributed by atoms with Crippen LogP contribution in [0, 0.1) is 11.3 Å². The second-order valence-corrected chi connectivity index (χ2v) is 8.07. The summed E-state index contributed by atoms with van der Waals surface area (Å²) < 4.78 is 11.0. The standard InChI is InChI=1S/C19H39N3O2.HI/c1-16(2)14-19(3,4)15-21-18(20-5)22-10-8-17(9-11-22)24-13-7-12-23-6;/h16-17H,7-15H2,1-6H3,(H,20,21);1H. The summed E-state index contributed by atoms with van der Waals surface area (Å²) in [5.74, 6) is 1.75. The maximum Gasteiger partial charge on any atom is 0.193 e. The average molecular weight is 469 g/mol. The van der Waals surface area contributed by atoms with Gasteiger partial charge in [-0.2, -0.15) is 0 Å². The number of methoxy groups -OCH3 is 1. The molecule has 1 aliphatic heterocycles. The molecule has 1 fully saturated rings. The van der Waals surface area contributed by atoms with Crippen molar-refractivity contribution in [2.24, 2.45) is 16.3 Å². The number of hydrogen-bond donors (Lipinski definition) is 1. The molecule has 0 amide bonds. The van der Waals surface area contributed by atoms with Gasteiger partial charge in [-0.3, -0.25) is 4.99 Å². The van der Waals surface area contributed by atoms with E-state index in [1.807, 2.05) is 7.05 Å². The molecule has 0 unspecified atom stereocenters. The van der Waals surface area contributed by atoms with E-state index in [9.17, 15) is 0 Å². The zero-order valence-corrected chi connectivity index (χ0v) is 19.5. The maximum atomic E-state index is 5.94. The van der Waals surface area contributed by atoms with Gasteiger partial charge in [-0.25, -0.2) is 0 Å². The molecule has 1 N–H and O–H groups in total. The lowest BCUT2D eigenvalue weighted by atomic mass is 9.84. The predicted molar refractivity (Wildman–Crippen MR) is 117 cm³/mol. The number of aliphatic imine (C=N–C) groups is 1. The average Bonchev–Trinajstić information content (AvgIpc) is 2.52. The summed E-state index contributed by atoms with van der Waals surface area (Å²) in [5.41, 5.74) is 0.285. The van der Waals surface area contributed by atoms with Crippen LogP contribution < -0.4 is 5.32 Å². The van der Waals surface area contributed by atoms with Crippen LogP contribution in [0.3, 0.4) is 0 Å². The van der Waals surface area contributed by atoms with Gasteiger partial charge in [0.05, 0.1) is 6.10 Å². The summed E-state index contributed by atoms with van der Waals surface area (Å²) in [6.45, 7) is 13.8. The van der Waals surface area contributed by atoms with Crippen LogP contribution in [0.4, 0.5) is 0 Å². The fourth-order valence-corrected chi connectivity index (χ4v) is 3.52. The highest BCUT2D eigenvalue weighted by Crippen LogP contribution is 2.24. The second-order valence-electron chi connectivity index (χ2n) is 8.07. The van der Waals surface area contributed by atoms with Gasteiger partial charge in [0.2, 0.25) is 0 Å². The van der Waals surface area contributed by atoms with Gasteiger partial charge >= 0.3 is 0 Å². The van der Waals surface area contributed by atoms with Gasteiger partial charge in [0, 0.05) is 47.0 Å². The summed E-state index contributed by atoms with van der Waals surface area (Å²) in [6, 6.07) is 0. The van der Waals surface area contributed by atoms with Crippen molar-refractivity contribution in [1.29, 1.82) is 0 Å². The molecule has 0 spiro atoms. The van der Waals surface area contributed by atoms with E-state index in [4.69, 9.17) is 9.47 Å². The number of nitrogens with one attached hydrogen (secondary N) is 1. The molecule has 1 heterocycles. The van der Waals surface area contributed by atoms with E-state index < -0.39 is 0 Å². The molecular weight excluding hydrogens is 429 g/mol. The Morgan fingerprint density at radius 3 is 2.40 bits per heavy atom. The van der Waals surface area contributed by atoms with Gasteiger partial charge in [-0.15, -0.1) is 24.0 Å². The Bertz CT molecular complexity index is 368. The van der Waals surface area contributed by atoms with Crippen LogP contribution in [-0.4, -0.2) is 64.0 Å². The number of guanidine groups is 1. The number of halogens is 1. The lowest BCUT2D eigenvalue weighted by molar-refractivity contribution is 0.00982. The summed E-state index contributed by atoms with van der Waals surface area (Å²) in [6.07, 6.45) is 4.72. The van der Waals surface area contributed by atoms with Crippen molar-refractivity contribution in [3.63, 3.8) is 0 Å². The smallest absolute Gasteiger partial charge is 0.193 e. The van der Waals surface area contributed by atoms with Crippen molar-refractivity contribution in [1.82, 2.24) is 10.2 Å². The highest BCUT2D eigenvalue weighted by atomic mass is 127. The molecule has 150 valence electrons. The lowest BCUT2D eigenvalue weighted by Gasteiger charge is -2.36. The summed E-state index contributed by atoms with van der Waals surface area (Å²) in [4.78, 5) is 6.84. The molecule has 0 atom stereocenters. The first-order chi connectivity index (χ1) is 11.4. The molecule has 1 rings (SSSR count). The number of likely N-dealkylation sites (tertiary alicyclic amines) is 1. The van der Waals surface area contributed by atoms with Crippen molar-refractivity contribution < 1.29 is 9.47 Å². The Labute approximate surface area is 172 Å². The molecule has 0 aromatic rings. The molecule has 5 nitrogen and oxygen atoms in total. The van der Waals surface area contributed by atoms with Crippen LogP contribution in [0.5, 0.6) is 0 Å². The van der Waals surface area contributed by atoms with Crippen molar-refractivity contribution in [3.05, 3.63) is 0 Å². The van der Waals surface area contributed by atoms with Crippen LogP contribution in [0.25, 0.3) is 0 Å². The zero-order chi connectivity index (χ0) is 18.0. The second kappa shape index (κ2) is 13.1. The van der Waals surface area contributed by atoms with E-state index in [0.717, 1.165) is 64.0 Å². The van der Waals surface area contributed by atoms with Gasteiger partial charge in [-0.05, 0) is 37.0 Å². The van der Waals surface area contributed by atoms with E-state index in [1.54, 1.807) is 7.11 Å². The Kier molecular flexibility index (Phi) is 13.1. The number of rotatable bonds is 9. The minimum Gasteiger partial charge on any atom is -0.385 e. The normalized spacial score (nSPS) is 16.9. The molecule has 0 aliphatic carbocycles. The van der Waals surface area contributed by atoms with E-state index in [0.29, 0.717) is 6.10 Å². The molecule has 1 aliphatic rings. The van der Waals surface area contributed by atoms with Gasteiger partial charge < -0.3 is 19.7 Å². The van der Waals surface area contributed by atoms with Gasteiger partial charge in [0.1, 0.15) is 0 Å². The molecule has 0 saturated carbocycles. The van der Waals surface area contributed by atoms with Crippen molar-refractivity contribution in [3.8, 4) is 0 Å². The first-order valence-electron chi connectivity index (χ1n) is 9.44. The fraction of sp³-hybridized carbons (Fsp3) is 0.947. The Balaban J connectivity index is 0.00000576. The lowest BCUT2D eigenvalue weighted by Crippen LogP contribution is -2.49. The first-order valence-corrected chi connectivity index (χ1v) is 9.44. The molecule has 0 aromatic carbocycles. The van der Waals surface area contributed by atoms with Crippen molar-refractivity contribution in [2.75, 3.05) is 47.0 Å². The topological polar surface area (TPSA) is 46.1 Å². The van der Waals surface area contributed by atoms with Crippen LogP contribution in [-0.2, 0) is 9.47 Å². The monoisotopic (exact) mass is 469 g/mol. The molecule has 0 bridgehead atoms. The third-order valence-electron chi connectivity index (χ3n) is 4.49. The Morgan fingerprint density at radius 1 is 1.24 bits per heavy atom. The third-order valence-corrected chi connectivity index (χ3v) is 4.49. The molecule has 0 aromatic heterocycles. The first kappa shape index (κ1) is 24.9. The minimum atomic E-state index is 0. The maximum absolute atomic E-state index is 5.94. The van der Waals surface area contributed by atoms with Gasteiger partial charge in [-0.1, -0.05) is 27.7 Å². The summed E-state index contributed by atoms with van der Waals surface area (Å²) in [7, 11) is 3.62. The number of hydrogen-bond acceptors (Lipinski definition) is 3. The SMILES string of the molecule is CN=C(NCC(C)(C)CC(C)C)N1CCC(OCCCOC)CC1.I. The highest BCUT2D eigenvalue weighted by Gasteiger charge is 2.24. The summed E-state index contributed by atoms with van der Waals surface area (Å²) in [5, 5.41) is 3.58. The van der Waals surface area contributed by atoms with Crippen LogP contribution in [0.1, 0.15) is 53.4 Å². The number of ether oxygens (including phenoxy) is 2. The van der Waals surface area contributed by atoms with Gasteiger partial charge in [0.15, 0.2) is 5.96 Å². The third kappa shape index (κ3) is 10.6. The molecular formula is C19H40IN3O2.